The Balaban J connectivity index is 2.30. The SMILES string of the molecule is COC1=Cc2c(ccc3cc[nH]c23)NC=C1. The van der Waals surface area contributed by atoms with Crippen molar-refractivity contribution in [2.75, 3.05) is 12.4 Å². The summed E-state index contributed by atoms with van der Waals surface area (Å²) in [5.74, 6) is 0.841. The van der Waals surface area contributed by atoms with Crippen molar-refractivity contribution in [3.63, 3.8) is 0 Å². The van der Waals surface area contributed by atoms with Gasteiger partial charge in [-0.1, -0.05) is 6.07 Å². The summed E-state index contributed by atoms with van der Waals surface area (Å²) >= 11 is 0. The zero-order valence-electron chi connectivity index (χ0n) is 8.95. The van der Waals surface area contributed by atoms with Crippen LogP contribution in [0.1, 0.15) is 5.56 Å². The van der Waals surface area contributed by atoms with Gasteiger partial charge in [0.1, 0.15) is 5.76 Å². The molecule has 16 heavy (non-hydrogen) atoms. The first kappa shape index (κ1) is 9.09. The second-order valence-corrected chi connectivity index (χ2v) is 3.70. The minimum absolute atomic E-state index is 0.841. The van der Waals surface area contributed by atoms with Crippen LogP contribution in [0.5, 0.6) is 0 Å². The van der Waals surface area contributed by atoms with E-state index in [0.29, 0.717) is 0 Å². The molecule has 2 aromatic rings. The normalized spacial score (nSPS) is 13.9. The van der Waals surface area contributed by atoms with Crippen LogP contribution in [0.25, 0.3) is 17.0 Å². The molecule has 2 heterocycles. The van der Waals surface area contributed by atoms with Gasteiger partial charge in [-0.3, -0.25) is 0 Å². The van der Waals surface area contributed by atoms with Gasteiger partial charge in [0.2, 0.25) is 0 Å². The van der Waals surface area contributed by atoms with Crippen molar-refractivity contribution < 1.29 is 4.74 Å². The highest BCUT2D eigenvalue weighted by molar-refractivity contribution is 5.94. The highest BCUT2D eigenvalue weighted by Gasteiger charge is 2.09. The summed E-state index contributed by atoms with van der Waals surface area (Å²) < 4.78 is 5.27. The number of ether oxygens (including phenoxy) is 1. The Hall–Kier alpha value is -2.16. The first-order valence-electron chi connectivity index (χ1n) is 5.17. The van der Waals surface area contributed by atoms with Crippen LogP contribution in [0.3, 0.4) is 0 Å². The lowest BCUT2D eigenvalue weighted by Gasteiger charge is -2.05. The Kier molecular flexibility index (Phi) is 1.96. The molecule has 0 radical (unpaired) electrons. The van der Waals surface area contributed by atoms with E-state index < -0.39 is 0 Å². The Labute approximate surface area is 93.4 Å². The summed E-state index contributed by atoms with van der Waals surface area (Å²) in [4.78, 5) is 3.25. The number of benzene rings is 1. The molecular weight excluding hydrogens is 200 g/mol. The van der Waals surface area contributed by atoms with Crippen LogP contribution < -0.4 is 5.32 Å². The summed E-state index contributed by atoms with van der Waals surface area (Å²) in [5.41, 5.74) is 3.34. The molecular formula is C13H12N2O. The zero-order chi connectivity index (χ0) is 11.0. The van der Waals surface area contributed by atoms with Gasteiger partial charge in [-0.25, -0.2) is 0 Å². The Morgan fingerprint density at radius 2 is 2.12 bits per heavy atom. The maximum Gasteiger partial charge on any atom is 0.121 e. The molecule has 0 unspecified atom stereocenters. The standard InChI is InChI=1S/C13H12N2O/c1-16-10-5-7-14-12-3-2-9-4-6-15-13(9)11(12)8-10/h2-8,14-15H,1H3. The second-order valence-electron chi connectivity index (χ2n) is 3.70. The lowest BCUT2D eigenvalue weighted by molar-refractivity contribution is 0.311. The minimum Gasteiger partial charge on any atom is -0.497 e. The second kappa shape index (κ2) is 3.45. The molecule has 0 fully saturated rings. The molecule has 0 saturated heterocycles. The number of allylic oxidation sites excluding steroid dienone is 1. The Morgan fingerprint density at radius 3 is 3.00 bits per heavy atom. The van der Waals surface area contributed by atoms with Crippen molar-refractivity contribution >= 4 is 22.7 Å². The van der Waals surface area contributed by atoms with Crippen LogP contribution in [0.2, 0.25) is 0 Å². The van der Waals surface area contributed by atoms with Gasteiger partial charge >= 0.3 is 0 Å². The van der Waals surface area contributed by atoms with Crippen LogP contribution in [0, 0.1) is 0 Å². The minimum atomic E-state index is 0.841. The van der Waals surface area contributed by atoms with Crippen molar-refractivity contribution in [3.8, 4) is 0 Å². The van der Waals surface area contributed by atoms with E-state index in [9.17, 15) is 0 Å². The van der Waals surface area contributed by atoms with E-state index in [1.165, 1.54) is 5.39 Å². The van der Waals surface area contributed by atoms with Crippen molar-refractivity contribution in [2.24, 2.45) is 0 Å². The van der Waals surface area contributed by atoms with Gasteiger partial charge in [-0.05, 0) is 24.3 Å². The molecule has 0 spiro atoms. The fraction of sp³-hybridized carbons (Fsp3) is 0.0769. The molecule has 0 saturated carbocycles. The third-order valence-electron chi connectivity index (χ3n) is 2.78. The van der Waals surface area contributed by atoms with Crippen molar-refractivity contribution in [1.82, 2.24) is 4.98 Å². The van der Waals surface area contributed by atoms with Crippen LogP contribution in [0.15, 0.2) is 42.4 Å². The molecule has 0 atom stereocenters. The number of fused-ring (bicyclic) bond motifs is 3. The monoisotopic (exact) mass is 212 g/mol. The van der Waals surface area contributed by atoms with Crippen molar-refractivity contribution in [3.05, 3.63) is 48.0 Å². The number of anilines is 1. The highest BCUT2D eigenvalue weighted by atomic mass is 16.5. The molecule has 3 heteroatoms. The number of nitrogens with one attached hydrogen (secondary N) is 2. The first-order valence-corrected chi connectivity index (χ1v) is 5.17. The smallest absolute Gasteiger partial charge is 0.121 e. The third kappa shape index (κ3) is 1.29. The van der Waals surface area contributed by atoms with Crippen LogP contribution in [-0.2, 0) is 4.74 Å². The molecule has 1 aliphatic rings. The Bertz CT molecular complexity index is 593. The predicted molar refractivity (Wildman–Crippen MR) is 66.0 cm³/mol. The summed E-state index contributed by atoms with van der Waals surface area (Å²) in [6.45, 7) is 0. The fourth-order valence-electron chi connectivity index (χ4n) is 1.96. The lowest BCUT2D eigenvalue weighted by atomic mass is 10.1. The molecule has 0 aliphatic carbocycles. The molecule has 0 amide bonds. The van der Waals surface area contributed by atoms with Crippen molar-refractivity contribution in [1.29, 1.82) is 0 Å². The van der Waals surface area contributed by atoms with E-state index in [1.54, 1.807) is 7.11 Å². The number of aromatic amines is 1. The van der Waals surface area contributed by atoms with Gasteiger partial charge in [0, 0.05) is 29.0 Å². The van der Waals surface area contributed by atoms with E-state index in [4.69, 9.17) is 4.74 Å². The predicted octanol–water partition coefficient (Wildman–Crippen LogP) is 3.09. The van der Waals surface area contributed by atoms with Gasteiger partial charge in [0.15, 0.2) is 0 Å². The number of hydrogen-bond acceptors (Lipinski definition) is 2. The largest absolute Gasteiger partial charge is 0.497 e. The summed E-state index contributed by atoms with van der Waals surface area (Å²) in [6, 6.07) is 6.23. The zero-order valence-corrected chi connectivity index (χ0v) is 8.95. The van der Waals surface area contributed by atoms with Gasteiger partial charge in [0.25, 0.3) is 0 Å². The lowest BCUT2D eigenvalue weighted by Crippen LogP contribution is -1.89. The van der Waals surface area contributed by atoms with Crippen LogP contribution in [-0.4, -0.2) is 12.1 Å². The van der Waals surface area contributed by atoms with Crippen molar-refractivity contribution in [2.45, 2.75) is 0 Å². The summed E-state index contributed by atoms with van der Waals surface area (Å²) in [5, 5.41) is 4.44. The average Bonchev–Trinajstić information content (AvgIpc) is 2.68. The van der Waals surface area contributed by atoms with Crippen LogP contribution in [0.4, 0.5) is 5.69 Å². The molecule has 1 aromatic carbocycles. The van der Waals surface area contributed by atoms with Crippen LogP contribution >= 0.6 is 0 Å². The molecule has 0 bridgehead atoms. The van der Waals surface area contributed by atoms with E-state index in [2.05, 4.69) is 28.5 Å². The van der Waals surface area contributed by atoms with Gasteiger partial charge in [-0.15, -0.1) is 0 Å². The third-order valence-corrected chi connectivity index (χ3v) is 2.78. The Morgan fingerprint density at radius 1 is 1.19 bits per heavy atom. The summed E-state index contributed by atoms with van der Waals surface area (Å²) in [7, 11) is 1.68. The fourth-order valence-corrected chi connectivity index (χ4v) is 1.96. The maximum atomic E-state index is 5.27. The highest BCUT2D eigenvalue weighted by Crippen LogP contribution is 2.29. The van der Waals surface area contributed by atoms with E-state index in [1.807, 2.05) is 24.5 Å². The number of H-pyrrole nitrogens is 1. The first-order chi connectivity index (χ1) is 7.88. The molecule has 1 aliphatic heterocycles. The molecule has 3 rings (SSSR count). The van der Waals surface area contributed by atoms with Gasteiger partial charge in [-0.2, -0.15) is 0 Å². The molecule has 1 aromatic heterocycles. The van der Waals surface area contributed by atoms with E-state index in [-0.39, 0.29) is 0 Å². The van der Waals surface area contributed by atoms with E-state index in [0.717, 1.165) is 22.5 Å². The average molecular weight is 212 g/mol. The van der Waals surface area contributed by atoms with Gasteiger partial charge in [0.05, 0.1) is 12.6 Å². The van der Waals surface area contributed by atoms with Gasteiger partial charge < -0.3 is 15.0 Å². The quantitative estimate of drug-likeness (QED) is 0.762. The number of hydrogen-bond donors (Lipinski definition) is 2. The number of rotatable bonds is 1. The number of aromatic nitrogens is 1. The summed E-state index contributed by atoms with van der Waals surface area (Å²) in [6.07, 6.45) is 7.78. The number of methoxy groups -OCH3 is 1. The molecule has 80 valence electrons. The van der Waals surface area contributed by atoms with E-state index >= 15 is 0 Å². The molecule has 3 nitrogen and oxygen atoms in total. The maximum absolute atomic E-state index is 5.27. The molecule has 2 N–H and O–H groups in total. The topological polar surface area (TPSA) is 37.0 Å².